The third-order valence-corrected chi connectivity index (χ3v) is 5.33. The number of hydrogen-bond acceptors (Lipinski definition) is 7. The molecule has 0 radical (unpaired) electrons. The molecule has 0 saturated heterocycles. The van der Waals surface area contributed by atoms with E-state index in [0.29, 0.717) is 35.4 Å². The first-order valence-corrected chi connectivity index (χ1v) is 11.2. The van der Waals surface area contributed by atoms with Crippen molar-refractivity contribution >= 4 is 23.5 Å². The highest BCUT2D eigenvalue weighted by Gasteiger charge is 2.34. The van der Waals surface area contributed by atoms with Crippen LogP contribution in [0.3, 0.4) is 0 Å². The number of allylic oxidation sites excluding steroid dienone is 1. The van der Waals surface area contributed by atoms with Crippen molar-refractivity contribution in [3.05, 3.63) is 71.8 Å². The number of Topliss-reactive ketones (excluding diaryl/α,β-unsaturated/α-hetero) is 1. The molecule has 0 aliphatic carbocycles. The van der Waals surface area contributed by atoms with Crippen molar-refractivity contribution in [2.24, 2.45) is 5.41 Å². The Bertz CT molecular complexity index is 1030. The molecule has 0 saturated carbocycles. The summed E-state index contributed by atoms with van der Waals surface area (Å²) in [6.45, 7) is 5.34. The topological polar surface area (TPSA) is 134 Å². The van der Waals surface area contributed by atoms with E-state index >= 15 is 0 Å². The second-order valence-electron chi connectivity index (χ2n) is 8.59. The summed E-state index contributed by atoms with van der Waals surface area (Å²) in [4.78, 5) is 35.5. The second-order valence-corrected chi connectivity index (χ2v) is 8.59. The number of ether oxygens (including phenoxy) is 2. The molecule has 188 valence electrons. The quantitative estimate of drug-likeness (QED) is 0.152. The molecule has 0 aliphatic rings. The number of anilines is 1. The molecule has 0 spiro atoms. The number of carbonyl (C=O) groups excluding carboxylic acids is 3. The first-order chi connectivity index (χ1) is 16.7. The van der Waals surface area contributed by atoms with Crippen LogP contribution in [0.1, 0.15) is 55.6 Å². The molecular weight excluding hydrogens is 452 g/mol. The Kier molecular flexibility index (Phi) is 10.4. The average Bonchev–Trinajstić information content (AvgIpc) is 2.84. The Balaban J connectivity index is 2.23. The van der Waals surface area contributed by atoms with Crippen LogP contribution < -0.4 is 15.5 Å². The lowest BCUT2D eigenvalue weighted by molar-refractivity contribution is -0.124. The van der Waals surface area contributed by atoms with Gasteiger partial charge in [0.2, 0.25) is 0 Å². The molecule has 0 heterocycles. The maximum atomic E-state index is 12.8. The van der Waals surface area contributed by atoms with Crippen LogP contribution in [0, 0.1) is 5.41 Å². The first kappa shape index (κ1) is 27.6. The smallest absolute Gasteiger partial charge is 0.412 e. The van der Waals surface area contributed by atoms with Gasteiger partial charge in [-0.15, -0.1) is 0 Å². The summed E-state index contributed by atoms with van der Waals surface area (Å²) in [5.41, 5.74) is 2.69. The zero-order valence-corrected chi connectivity index (χ0v) is 20.1. The minimum atomic E-state index is -0.684. The molecule has 0 fully saturated rings. The lowest BCUT2D eigenvalue weighted by Crippen LogP contribution is -2.29. The van der Waals surface area contributed by atoms with Gasteiger partial charge in [-0.05, 0) is 61.7 Å². The van der Waals surface area contributed by atoms with Crippen molar-refractivity contribution in [1.29, 1.82) is 0 Å². The maximum absolute atomic E-state index is 12.8. The van der Waals surface area contributed by atoms with Crippen LogP contribution in [0.25, 0.3) is 0 Å². The number of hydrogen-bond donors (Lipinski definition) is 4. The predicted octanol–water partition coefficient (Wildman–Crippen LogP) is 4.42. The molecular formula is C26H32N2O7. The molecule has 0 aliphatic heterocycles. The van der Waals surface area contributed by atoms with Crippen LogP contribution in [0.2, 0.25) is 0 Å². The van der Waals surface area contributed by atoms with Crippen LogP contribution in [0.15, 0.2) is 60.7 Å². The van der Waals surface area contributed by atoms with E-state index in [2.05, 4.69) is 5.32 Å². The van der Waals surface area contributed by atoms with Crippen LogP contribution >= 0.6 is 0 Å². The van der Waals surface area contributed by atoms with Gasteiger partial charge in [0, 0.05) is 22.7 Å². The average molecular weight is 485 g/mol. The predicted molar refractivity (Wildman–Crippen MR) is 130 cm³/mol. The van der Waals surface area contributed by atoms with E-state index < -0.39 is 23.5 Å². The number of ketones is 1. The normalized spacial score (nSPS) is 12.1. The van der Waals surface area contributed by atoms with Gasteiger partial charge in [0.05, 0.1) is 6.61 Å². The van der Waals surface area contributed by atoms with Gasteiger partial charge in [-0.3, -0.25) is 20.1 Å². The van der Waals surface area contributed by atoms with Gasteiger partial charge in [-0.1, -0.05) is 32.1 Å². The molecule has 2 aromatic rings. The van der Waals surface area contributed by atoms with Crippen molar-refractivity contribution in [2.75, 3.05) is 18.5 Å². The number of rotatable bonds is 12. The number of nitrogens with one attached hydrogen (secondary N) is 2. The number of amides is 2. The van der Waals surface area contributed by atoms with Crippen LogP contribution in [0.5, 0.6) is 5.75 Å². The van der Waals surface area contributed by atoms with E-state index in [9.17, 15) is 14.4 Å². The summed E-state index contributed by atoms with van der Waals surface area (Å²) in [6.07, 6.45) is 2.55. The zero-order valence-electron chi connectivity index (χ0n) is 20.1. The summed E-state index contributed by atoms with van der Waals surface area (Å²) >= 11 is 0. The van der Waals surface area contributed by atoms with E-state index in [1.807, 2.05) is 19.9 Å². The molecule has 35 heavy (non-hydrogen) atoms. The molecule has 4 N–H and O–H groups in total. The van der Waals surface area contributed by atoms with Gasteiger partial charge in [0.1, 0.15) is 18.5 Å². The van der Waals surface area contributed by atoms with E-state index in [1.165, 1.54) is 18.5 Å². The molecule has 0 aromatic heterocycles. The molecule has 0 bridgehead atoms. The largest absolute Gasteiger partial charge is 0.491 e. The van der Waals surface area contributed by atoms with E-state index in [1.54, 1.807) is 48.5 Å². The monoisotopic (exact) mass is 484 g/mol. The Morgan fingerprint density at radius 3 is 2.46 bits per heavy atom. The third kappa shape index (κ3) is 8.88. The number of aliphatic hydroxyl groups excluding tert-OH is 1. The van der Waals surface area contributed by atoms with Crippen LogP contribution in [0.4, 0.5) is 10.5 Å². The highest BCUT2D eigenvalue weighted by atomic mass is 16.6. The lowest BCUT2D eigenvalue weighted by atomic mass is 9.78. The highest BCUT2D eigenvalue weighted by molar-refractivity contribution is 5.95. The van der Waals surface area contributed by atoms with E-state index in [0.717, 1.165) is 0 Å². The fourth-order valence-corrected chi connectivity index (χ4v) is 3.47. The van der Waals surface area contributed by atoms with E-state index in [4.69, 9.17) is 19.8 Å². The van der Waals surface area contributed by atoms with Gasteiger partial charge in [-0.2, -0.15) is 0 Å². The zero-order chi connectivity index (χ0) is 25.8. The van der Waals surface area contributed by atoms with Crippen molar-refractivity contribution in [3.8, 4) is 5.75 Å². The second kappa shape index (κ2) is 13.3. The summed E-state index contributed by atoms with van der Waals surface area (Å²) in [5, 5.41) is 20.4. The van der Waals surface area contributed by atoms with Gasteiger partial charge in [0.25, 0.3) is 5.91 Å². The SMILES string of the molecule is CC(=O)c1ccc(NC(=O)O[C@@H](c2cccc(OCCO)c2)C(C)(C)CC/C=C/C(=O)NO)cc1. The minimum absolute atomic E-state index is 0.0743. The molecule has 2 aromatic carbocycles. The van der Waals surface area contributed by atoms with Crippen molar-refractivity contribution in [2.45, 2.75) is 39.7 Å². The number of aliphatic hydroxyl groups is 1. The van der Waals surface area contributed by atoms with Gasteiger partial charge in [-0.25, -0.2) is 10.3 Å². The molecule has 9 nitrogen and oxygen atoms in total. The van der Waals surface area contributed by atoms with Crippen LogP contribution in [-0.4, -0.2) is 41.3 Å². The van der Waals surface area contributed by atoms with Gasteiger partial charge < -0.3 is 14.6 Å². The summed E-state index contributed by atoms with van der Waals surface area (Å²) in [5.74, 6) is -0.171. The molecule has 2 rings (SSSR count). The minimum Gasteiger partial charge on any atom is -0.491 e. The van der Waals surface area contributed by atoms with Crippen molar-refractivity contribution in [3.63, 3.8) is 0 Å². The fraction of sp³-hybridized carbons (Fsp3) is 0.346. The highest BCUT2D eigenvalue weighted by Crippen LogP contribution is 2.41. The van der Waals surface area contributed by atoms with E-state index in [-0.39, 0.29) is 19.0 Å². The van der Waals surface area contributed by atoms with Crippen molar-refractivity contribution in [1.82, 2.24) is 5.48 Å². The Morgan fingerprint density at radius 1 is 1.11 bits per heavy atom. The van der Waals surface area contributed by atoms with Crippen LogP contribution in [-0.2, 0) is 9.53 Å². The number of benzene rings is 2. The molecule has 9 heteroatoms. The Morgan fingerprint density at radius 2 is 1.83 bits per heavy atom. The van der Waals surface area contributed by atoms with Gasteiger partial charge >= 0.3 is 6.09 Å². The standard InChI is InChI=1S/C26H32N2O7/c1-18(30)19-10-12-21(13-11-19)27-25(32)35-24(20-7-6-8-22(17-20)34-16-15-29)26(2,3)14-5-4-9-23(31)28-33/h4,6-13,17,24,29,33H,5,14-16H2,1-3H3,(H,27,32)(H,28,31)/b9-4+/t24-/m0/s1. The summed E-state index contributed by atoms with van der Waals surface area (Å²) < 4.78 is 11.4. The molecule has 2 amide bonds. The van der Waals surface area contributed by atoms with Crippen molar-refractivity contribution < 1.29 is 34.2 Å². The lowest BCUT2D eigenvalue weighted by Gasteiger charge is -2.34. The molecule has 1 atom stereocenters. The summed E-state index contributed by atoms with van der Waals surface area (Å²) in [6, 6.07) is 13.6. The first-order valence-electron chi connectivity index (χ1n) is 11.2. The number of hydroxylamine groups is 1. The summed E-state index contributed by atoms with van der Waals surface area (Å²) in [7, 11) is 0. The Labute approximate surface area is 204 Å². The molecule has 0 unspecified atom stereocenters. The fourth-order valence-electron chi connectivity index (χ4n) is 3.47. The third-order valence-electron chi connectivity index (χ3n) is 5.33. The van der Waals surface area contributed by atoms with Gasteiger partial charge in [0.15, 0.2) is 5.78 Å². The number of carbonyl (C=O) groups is 3. The Hall–Kier alpha value is -3.69. The maximum Gasteiger partial charge on any atom is 0.412 e.